The molecule has 0 spiro atoms. The van der Waals surface area contributed by atoms with Crippen LogP contribution in [0.2, 0.25) is 0 Å². The standard InChI is InChI=1S/C28H29N3O4/c1-30(2)28(32)35-24-15-16-25-21(18-24)10-7-17-31(3)26(25)19-27(20-8-5-4-6-9-20)34-23-13-11-22(29-33)12-14-23/h4-16,18,26-27H,17,19H2,1-3H3. The zero-order valence-electron chi connectivity index (χ0n) is 20.1. The van der Waals surface area contributed by atoms with E-state index < -0.39 is 6.09 Å². The van der Waals surface area contributed by atoms with Crippen LogP contribution in [0.4, 0.5) is 10.5 Å². The van der Waals surface area contributed by atoms with Gasteiger partial charge in [0.2, 0.25) is 0 Å². The van der Waals surface area contributed by atoms with Crippen molar-refractivity contribution < 1.29 is 14.3 Å². The van der Waals surface area contributed by atoms with E-state index in [4.69, 9.17) is 9.47 Å². The summed E-state index contributed by atoms with van der Waals surface area (Å²) in [4.78, 5) is 26.5. The van der Waals surface area contributed by atoms with Crippen LogP contribution in [0.15, 0.2) is 84.0 Å². The van der Waals surface area contributed by atoms with Gasteiger partial charge in [-0.15, -0.1) is 4.91 Å². The zero-order chi connectivity index (χ0) is 24.8. The van der Waals surface area contributed by atoms with Gasteiger partial charge >= 0.3 is 6.09 Å². The lowest BCUT2D eigenvalue weighted by Crippen LogP contribution is -2.27. The van der Waals surface area contributed by atoms with Crippen LogP contribution in [-0.4, -0.2) is 43.6 Å². The summed E-state index contributed by atoms with van der Waals surface area (Å²) in [5, 5.41) is 2.97. The first kappa shape index (κ1) is 24.2. The third kappa shape index (κ3) is 5.94. The van der Waals surface area contributed by atoms with Crippen molar-refractivity contribution in [3.63, 3.8) is 0 Å². The molecule has 0 saturated heterocycles. The lowest BCUT2D eigenvalue weighted by molar-refractivity contribution is 0.139. The molecular formula is C28H29N3O4. The van der Waals surface area contributed by atoms with E-state index in [0.29, 0.717) is 23.6 Å². The van der Waals surface area contributed by atoms with Crippen LogP contribution in [0.5, 0.6) is 11.5 Å². The number of nitroso groups, excluding NO2 is 1. The van der Waals surface area contributed by atoms with Crippen molar-refractivity contribution in [3.8, 4) is 11.5 Å². The average molecular weight is 472 g/mol. The van der Waals surface area contributed by atoms with Crippen molar-refractivity contribution in [2.75, 3.05) is 27.7 Å². The van der Waals surface area contributed by atoms with Crippen LogP contribution in [0.3, 0.4) is 0 Å². The predicted molar refractivity (Wildman–Crippen MR) is 137 cm³/mol. The minimum absolute atomic E-state index is 0.0553. The van der Waals surface area contributed by atoms with Crippen molar-refractivity contribution in [3.05, 3.63) is 100 Å². The number of ether oxygens (including phenoxy) is 2. The van der Waals surface area contributed by atoms with Crippen LogP contribution >= 0.6 is 0 Å². The maximum absolute atomic E-state index is 12.0. The van der Waals surface area contributed by atoms with Crippen molar-refractivity contribution in [1.82, 2.24) is 9.80 Å². The number of likely N-dealkylation sites (N-methyl/N-ethyl adjacent to an activating group) is 1. The minimum atomic E-state index is -0.412. The summed E-state index contributed by atoms with van der Waals surface area (Å²) >= 11 is 0. The lowest BCUT2D eigenvalue weighted by Gasteiger charge is -2.31. The normalized spacial score (nSPS) is 16.0. The summed E-state index contributed by atoms with van der Waals surface area (Å²) in [6.45, 7) is 0.771. The van der Waals surface area contributed by atoms with E-state index in [2.05, 4.69) is 41.4 Å². The molecule has 2 atom stereocenters. The molecule has 0 fully saturated rings. The summed E-state index contributed by atoms with van der Waals surface area (Å²) in [7, 11) is 5.41. The molecule has 0 bridgehead atoms. The SMILES string of the molecule is CN(C)C(=O)Oc1ccc2c(c1)C=CCN(C)C2CC(Oc1ccc(N=O)cc1)c1ccccc1. The molecule has 1 aliphatic heterocycles. The average Bonchev–Trinajstić information content (AvgIpc) is 3.02. The lowest BCUT2D eigenvalue weighted by atomic mass is 9.92. The first-order valence-electron chi connectivity index (χ1n) is 11.5. The molecule has 1 amide bonds. The first-order chi connectivity index (χ1) is 16.9. The molecule has 1 heterocycles. The number of benzene rings is 3. The molecule has 2 unspecified atom stereocenters. The van der Waals surface area contributed by atoms with Crippen LogP contribution in [0, 0.1) is 4.91 Å². The Morgan fingerprint density at radius 2 is 1.77 bits per heavy atom. The van der Waals surface area contributed by atoms with Gasteiger partial charge < -0.3 is 14.4 Å². The third-order valence-corrected chi connectivity index (χ3v) is 6.04. The van der Waals surface area contributed by atoms with E-state index in [9.17, 15) is 9.70 Å². The second-order valence-electron chi connectivity index (χ2n) is 8.75. The number of hydrogen-bond donors (Lipinski definition) is 0. The highest BCUT2D eigenvalue weighted by atomic mass is 16.6. The molecule has 7 heteroatoms. The van der Waals surface area contributed by atoms with Crippen LogP contribution in [0.1, 0.15) is 35.3 Å². The van der Waals surface area contributed by atoms with Crippen LogP contribution in [-0.2, 0) is 0 Å². The number of carbonyl (C=O) groups is 1. The number of nitrogens with zero attached hydrogens (tertiary/aromatic N) is 3. The van der Waals surface area contributed by atoms with Crippen molar-refractivity contribution in [1.29, 1.82) is 0 Å². The fourth-order valence-corrected chi connectivity index (χ4v) is 4.15. The number of carbonyl (C=O) groups excluding carboxylic acids is 1. The van der Waals surface area contributed by atoms with Gasteiger partial charge in [-0.3, -0.25) is 4.90 Å². The highest BCUT2D eigenvalue weighted by molar-refractivity contribution is 5.71. The molecule has 180 valence electrons. The zero-order valence-corrected chi connectivity index (χ0v) is 20.1. The van der Waals surface area contributed by atoms with Gasteiger partial charge in [0.15, 0.2) is 0 Å². The number of amides is 1. The fraction of sp³-hybridized carbons (Fsp3) is 0.250. The fourth-order valence-electron chi connectivity index (χ4n) is 4.15. The van der Waals surface area contributed by atoms with E-state index in [1.807, 2.05) is 36.4 Å². The molecule has 0 N–H and O–H groups in total. The van der Waals surface area contributed by atoms with Crippen molar-refractivity contribution in [2.45, 2.75) is 18.6 Å². The Morgan fingerprint density at radius 3 is 2.46 bits per heavy atom. The van der Waals surface area contributed by atoms with Gasteiger partial charge in [-0.1, -0.05) is 48.6 Å². The summed E-state index contributed by atoms with van der Waals surface area (Å²) in [5.74, 6) is 1.18. The second kappa shape index (κ2) is 11.0. The quantitative estimate of drug-likeness (QED) is 0.375. The largest absolute Gasteiger partial charge is 0.486 e. The molecule has 3 aromatic rings. The summed E-state index contributed by atoms with van der Waals surface area (Å²) in [6.07, 6.45) is 4.24. The molecule has 4 rings (SSSR count). The predicted octanol–water partition coefficient (Wildman–Crippen LogP) is 6.36. The van der Waals surface area contributed by atoms with Gasteiger partial charge in [0.1, 0.15) is 23.3 Å². The first-order valence-corrected chi connectivity index (χ1v) is 11.5. The van der Waals surface area contributed by atoms with Gasteiger partial charge in [-0.2, -0.15) is 0 Å². The maximum atomic E-state index is 12.0. The Labute approximate surface area is 205 Å². The van der Waals surface area contributed by atoms with Crippen LogP contribution < -0.4 is 9.47 Å². The molecule has 0 aromatic heterocycles. The van der Waals surface area contributed by atoms with E-state index in [0.717, 1.165) is 23.2 Å². The minimum Gasteiger partial charge on any atom is -0.486 e. The van der Waals surface area contributed by atoms with E-state index in [1.54, 1.807) is 38.4 Å². The molecular weight excluding hydrogens is 442 g/mol. The highest BCUT2D eigenvalue weighted by Gasteiger charge is 2.27. The van der Waals surface area contributed by atoms with E-state index in [1.165, 1.54) is 4.90 Å². The van der Waals surface area contributed by atoms with E-state index in [-0.39, 0.29) is 12.1 Å². The molecule has 1 aliphatic rings. The molecule has 35 heavy (non-hydrogen) atoms. The Hall–Kier alpha value is -3.97. The van der Waals surface area contributed by atoms with Crippen LogP contribution in [0.25, 0.3) is 6.08 Å². The molecule has 3 aromatic carbocycles. The molecule has 7 nitrogen and oxygen atoms in total. The Bertz CT molecular complexity index is 1190. The van der Waals surface area contributed by atoms with Gasteiger partial charge in [-0.25, -0.2) is 4.79 Å². The molecule has 0 saturated carbocycles. The smallest absolute Gasteiger partial charge is 0.414 e. The Morgan fingerprint density at radius 1 is 1.06 bits per heavy atom. The Balaban J connectivity index is 1.64. The summed E-state index contributed by atoms with van der Waals surface area (Å²) < 4.78 is 11.9. The molecule has 0 radical (unpaired) electrons. The Kier molecular flexibility index (Phi) is 7.57. The van der Waals surface area contributed by atoms with Gasteiger partial charge in [0.05, 0.1) is 0 Å². The molecule has 0 aliphatic carbocycles. The number of fused-ring (bicyclic) bond motifs is 1. The van der Waals surface area contributed by atoms with Crippen molar-refractivity contribution in [2.24, 2.45) is 5.18 Å². The van der Waals surface area contributed by atoms with Gasteiger partial charge in [0.25, 0.3) is 0 Å². The highest BCUT2D eigenvalue weighted by Crippen LogP contribution is 2.38. The monoisotopic (exact) mass is 471 g/mol. The van der Waals surface area contributed by atoms with Gasteiger partial charge in [-0.05, 0) is 65.3 Å². The maximum Gasteiger partial charge on any atom is 0.414 e. The number of hydrogen-bond acceptors (Lipinski definition) is 6. The summed E-state index contributed by atoms with van der Waals surface area (Å²) in [5.41, 5.74) is 3.57. The summed E-state index contributed by atoms with van der Waals surface area (Å²) in [6, 6.07) is 22.8. The third-order valence-electron chi connectivity index (χ3n) is 6.04. The second-order valence-corrected chi connectivity index (χ2v) is 8.75. The van der Waals surface area contributed by atoms with Crippen molar-refractivity contribution >= 4 is 17.9 Å². The van der Waals surface area contributed by atoms with Gasteiger partial charge in [0, 0.05) is 33.1 Å². The topological polar surface area (TPSA) is 71.4 Å². The number of rotatable bonds is 7. The van der Waals surface area contributed by atoms with E-state index >= 15 is 0 Å².